The van der Waals surface area contributed by atoms with Crippen molar-refractivity contribution in [3.8, 4) is 11.5 Å². The van der Waals surface area contributed by atoms with Crippen LogP contribution < -0.4 is 14.8 Å². The molecule has 0 amide bonds. The first-order valence-corrected chi connectivity index (χ1v) is 8.46. The van der Waals surface area contributed by atoms with Crippen LogP contribution >= 0.6 is 0 Å². The van der Waals surface area contributed by atoms with Gasteiger partial charge >= 0.3 is 0 Å². The summed E-state index contributed by atoms with van der Waals surface area (Å²) in [6.45, 7) is 2.44. The zero-order valence-electron chi connectivity index (χ0n) is 14.1. The highest BCUT2D eigenvalue weighted by molar-refractivity contribution is 5.45. The number of fused-ring (bicyclic) bond motifs is 1. The summed E-state index contributed by atoms with van der Waals surface area (Å²) in [7, 11) is 0. The van der Waals surface area contributed by atoms with Gasteiger partial charge in [-0.3, -0.25) is 5.32 Å². The molecule has 2 heterocycles. The Morgan fingerprint density at radius 3 is 2.76 bits per heavy atom. The van der Waals surface area contributed by atoms with E-state index in [9.17, 15) is 0 Å². The van der Waals surface area contributed by atoms with Crippen LogP contribution in [-0.4, -0.2) is 16.3 Å². The summed E-state index contributed by atoms with van der Waals surface area (Å²) in [5.41, 5.74) is 2.47. The highest BCUT2D eigenvalue weighted by Crippen LogP contribution is 2.34. The van der Waals surface area contributed by atoms with Crippen molar-refractivity contribution in [2.24, 2.45) is 0 Å². The molecule has 0 saturated carbocycles. The van der Waals surface area contributed by atoms with E-state index in [-0.39, 0.29) is 12.2 Å². The Kier molecular flexibility index (Phi) is 4.39. The van der Waals surface area contributed by atoms with Gasteiger partial charge in [-0.2, -0.15) is 0 Å². The maximum Gasteiger partial charge on any atom is 0.231 e. The maximum atomic E-state index is 5.51. The van der Waals surface area contributed by atoms with Gasteiger partial charge in [-0.15, -0.1) is 0 Å². The van der Waals surface area contributed by atoms with Crippen molar-refractivity contribution in [2.45, 2.75) is 25.6 Å². The van der Waals surface area contributed by atoms with E-state index in [0.29, 0.717) is 6.79 Å². The predicted octanol–water partition coefficient (Wildman–Crippen LogP) is 3.70. The van der Waals surface area contributed by atoms with E-state index in [4.69, 9.17) is 9.47 Å². The average molecular weight is 335 g/mol. The van der Waals surface area contributed by atoms with Crippen molar-refractivity contribution in [1.29, 1.82) is 0 Å². The largest absolute Gasteiger partial charge is 0.454 e. The van der Waals surface area contributed by atoms with Gasteiger partial charge < -0.3 is 14.0 Å². The van der Waals surface area contributed by atoms with Gasteiger partial charge in [0, 0.05) is 18.4 Å². The van der Waals surface area contributed by atoms with Gasteiger partial charge in [-0.25, -0.2) is 4.98 Å². The van der Waals surface area contributed by atoms with Crippen molar-refractivity contribution in [3.05, 3.63) is 78.4 Å². The summed E-state index contributed by atoms with van der Waals surface area (Å²) >= 11 is 0. The zero-order chi connectivity index (χ0) is 17.1. The van der Waals surface area contributed by atoms with Gasteiger partial charge in [0.2, 0.25) is 6.79 Å². The fraction of sp³-hybridized carbons (Fsp3) is 0.250. The minimum atomic E-state index is 0.140. The molecular weight excluding hydrogens is 314 g/mol. The molecule has 0 saturated heterocycles. The predicted molar refractivity (Wildman–Crippen MR) is 95.5 cm³/mol. The van der Waals surface area contributed by atoms with Crippen molar-refractivity contribution >= 4 is 0 Å². The van der Waals surface area contributed by atoms with Crippen LogP contribution in [0.5, 0.6) is 11.5 Å². The van der Waals surface area contributed by atoms with Crippen molar-refractivity contribution in [1.82, 2.24) is 14.9 Å². The fourth-order valence-electron chi connectivity index (χ4n) is 3.14. The van der Waals surface area contributed by atoms with Crippen molar-refractivity contribution < 1.29 is 9.47 Å². The van der Waals surface area contributed by atoms with Crippen LogP contribution in [0.2, 0.25) is 0 Å². The lowest BCUT2D eigenvalue weighted by atomic mass is 9.98. The molecule has 1 aliphatic rings. The second kappa shape index (κ2) is 6.99. The fourth-order valence-corrected chi connectivity index (χ4v) is 3.14. The molecule has 4 rings (SSSR count). The molecule has 5 nitrogen and oxygen atoms in total. The number of hydrogen-bond donors (Lipinski definition) is 1. The lowest BCUT2D eigenvalue weighted by Crippen LogP contribution is -2.29. The second-order valence-electron chi connectivity index (χ2n) is 6.21. The number of ether oxygens (including phenoxy) is 2. The summed E-state index contributed by atoms with van der Waals surface area (Å²) in [5, 5.41) is 3.70. The van der Waals surface area contributed by atoms with E-state index in [2.05, 4.69) is 58.2 Å². The van der Waals surface area contributed by atoms with Gasteiger partial charge in [0.1, 0.15) is 0 Å². The first-order valence-electron chi connectivity index (χ1n) is 8.46. The topological polar surface area (TPSA) is 48.3 Å². The Bertz CT molecular complexity index is 818. The van der Waals surface area contributed by atoms with Crippen LogP contribution in [0.15, 0.2) is 67.3 Å². The highest BCUT2D eigenvalue weighted by atomic mass is 16.7. The second-order valence-corrected chi connectivity index (χ2v) is 6.21. The van der Waals surface area contributed by atoms with Crippen LogP contribution in [0.4, 0.5) is 0 Å². The summed E-state index contributed by atoms with van der Waals surface area (Å²) in [6, 6.07) is 16.8. The number of nitrogens with zero attached hydrogens (tertiary/aromatic N) is 2. The average Bonchev–Trinajstić information content (AvgIpc) is 3.33. The molecule has 1 N–H and O–H groups in total. The lowest BCUT2D eigenvalue weighted by molar-refractivity contribution is 0.174. The normalized spacial score (nSPS) is 15.1. The van der Waals surface area contributed by atoms with Crippen LogP contribution in [0, 0.1) is 0 Å². The van der Waals surface area contributed by atoms with Gasteiger partial charge in [0.05, 0.1) is 12.5 Å². The Balaban J connectivity index is 1.57. The first kappa shape index (κ1) is 15.7. The molecule has 0 radical (unpaired) electrons. The molecular formula is C20H21N3O2. The third kappa shape index (κ3) is 3.51. The SMILES string of the molecule is CC(NC(Cc1ccc2c(c1)OCO2)c1ccccc1)n1ccnc1. The molecule has 2 unspecified atom stereocenters. The summed E-state index contributed by atoms with van der Waals surface area (Å²) < 4.78 is 13.0. The third-order valence-corrected chi connectivity index (χ3v) is 4.49. The Morgan fingerprint density at radius 1 is 1.12 bits per heavy atom. The smallest absolute Gasteiger partial charge is 0.231 e. The Hall–Kier alpha value is -2.79. The molecule has 2 atom stereocenters. The first-order chi connectivity index (χ1) is 12.3. The van der Waals surface area contributed by atoms with Crippen LogP contribution in [0.1, 0.15) is 30.3 Å². The molecule has 1 aromatic heterocycles. The summed E-state index contributed by atoms with van der Waals surface area (Å²) in [5.74, 6) is 1.65. The minimum Gasteiger partial charge on any atom is -0.454 e. The van der Waals surface area contributed by atoms with E-state index in [1.54, 1.807) is 6.20 Å². The Labute approximate surface area is 147 Å². The number of imidazole rings is 1. The van der Waals surface area contributed by atoms with Gasteiger partial charge in [-0.05, 0) is 36.6 Å². The molecule has 25 heavy (non-hydrogen) atoms. The molecule has 0 bridgehead atoms. The number of aromatic nitrogens is 2. The number of hydrogen-bond acceptors (Lipinski definition) is 4. The number of benzene rings is 2. The molecule has 0 spiro atoms. The van der Waals surface area contributed by atoms with E-state index < -0.39 is 0 Å². The summed E-state index contributed by atoms with van der Waals surface area (Å²) in [4.78, 5) is 4.14. The van der Waals surface area contributed by atoms with Crippen LogP contribution in [-0.2, 0) is 6.42 Å². The summed E-state index contributed by atoms with van der Waals surface area (Å²) in [6.07, 6.45) is 6.61. The van der Waals surface area contributed by atoms with Crippen molar-refractivity contribution in [3.63, 3.8) is 0 Å². The molecule has 128 valence electrons. The van der Waals surface area contributed by atoms with Gasteiger partial charge in [0.15, 0.2) is 11.5 Å². The van der Waals surface area contributed by atoms with Gasteiger partial charge in [0.25, 0.3) is 0 Å². The van der Waals surface area contributed by atoms with Gasteiger partial charge in [-0.1, -0.05) is 36.4 Å². The standard InChI is InChI=1S/C20H21N3O2/c1-15(23-10-9-21-13-23)22-18(17-5-3-2-4-6-17)11-16-7-8-19-20(12-16)25-14-24-19/h2-10,12-13,15,18,22H,11,14H2,1H3. The highest BCUT2D eigenvalue weighted by Gasteiger charge is 2.18. The van der Waals surface area contributed by atoms with Crippen LogP contribution in [0.25, 0.3) is 0 Å². The molecule has 3 aromatic rings. The maximum absolute atomic E-state index is 5.51. The van der Waals surface area contributed by atoms with Crippen molar-refractivity contribution in [2.75, 3.05) is 6.79 Å². The number of rotatable bonds is 6. The number of nitrogens with one attached hydrogen (secondary N) is 1. The monoisotopic (exact) mass is 335 g/mol. The van der Waals surface area contributed by atoms with E-state index in [1.165, 1.54) is 11.1 Å². The van der Waals surface area contributed by atoms with E-state index >= 15 is 0 Å². The molecule has 0 aliphatic carbocycles. The minimum absolute atomic E-state index is 0.140. The Morgan fingerprint density at radius 2 is 1.96 bits per heavy atom. The third-order valence-electron chi connectivity index (χ3n) is 4.49. The quantitative estimate of drug-likeness (QED) is 0.746. The van der Waals surface area contributed by atoms with E-state index in [1.807, 2.05) is 24.7 Å². The van der Waals surface area contributed by atoms with E-state index in [0.717, 1.165) is 17.9 Å². The molecule has 2 aromatic carbocycles. The molecule has 1 aliphatic heterocycles. The lowest BCUT2D eigenvalue weighted by Gasteiger charge is -2.25. The van der Waals surface area contributed by atoms with Crippen LogP contribution in [0.3, 0.4) is 0 Å². The zero-order valence-corrected chi connectivity index (χ0v) is 14.1. The molecule has 0 fully saturated rings. The molecule has 5 heteroatoms.